The Morgan fingerprint density at radius 2 is 1.94 bits per heavy atom. The van der Waals surface area contributed by atoms with Crippen LogP contribution in [-0.2, 0) is 19.1 Å². The number of rotatable bonds is 4. The summed E-state index contributed by atoms with van der Waals surface area (Å²) in [6.07, 6.45) is 12.7. The van der Waals surface area contributed by atoms with Crippen molar-refractivity contribution in [3.8, 4) is 0 Å². The number of fused-ring (bicyclic) bond motifs is 1. The molecule has 0 aliphatic carbocycles. The molecule has 7 nitrogen and oxygen atoms in total. The Morgan fingerprint density at radius 3 is 2.63 bits per heavy atom. The Kier molecular flexibility index (Phi) is 7.58. The minimum atomic E-state index is -0.500. The van der Waals surface area contributed by atoms with Crippen LogP contribution in [0.25, 0.3) is 6.08 Å². The average molecular weight is 487 g/mol. The molecule has 5 atom stereocenters. The van der Waals surface area contributed by atoms with E-state index in [2.05, 4.69) is 24.1 Å². The number of ketones is 1. The van der Waals surface area contributed by atoms with Gasteiger partial charge in [0, 0.05) is 38.0 Å². The molecule has 0 aromatic carbocycles. The summed E-state index contributed by atoms with van der Waals surface area (Å²) in [7, 11) is 0. The molecule has 1 amide bonds. The standard InChI is InChI=1S/C28H42N2O5/c1-19-7-6-13-27(5)28(35-27,16-23-18-34-23)15-21(9-10-22-17-33-20(2)29-22)30-25(32)12-14-26(3,4)24(31)11-8-19/h9-10,17,19,21,23H,6-8,11-16,18H2,1-5H3,(H,30,32). The van der Waals surface area contributed by atoms with Crippen molar-refractivity contribution in [1.82, 2.24) is 10.3 Å². The fourth-order valence-corrected chi connectivity index (χ4v) is 5.52. The Morgan fingerprint density at radius 1 is 1.17 bits per heavy atom. The quantitative estimate of drug-likeness (QED) is 0.590. The number of carbonyl (C=O) groups is 2. The van der Waals surface area contributed by atoms with E-state index in [1.54, 1.807) is 6.26 Å². The van der Waals surface area contributed by atoms with E-state index >= 15 is 0 Å². The van der Waals surface area contributed by atoms with E-state index < -0.39 is 5.41 Å². The predicted molar refractivity (Wildman–Crippen MR) is 134 cm³/mol. The number of oxazole rings is 1. The molecule has 4 rings (SSSR count). The van der Waals surface area contributed by atoms with Gasteiger partial charge < -0.3 is 19.2 Å². The lowest BCUT2D eigenvalue weighted by molar-refractivity contribution is -0.128. The molecule has 1 N–H and O–H groups in total. The van der Waals surface area contributed by atoms with Crippen LogP contribution in [0, 0.1) is 18.3 Å². The SMILES string of the molecule is Cc1nc(C=CC2CC3(CC4CO4)OC3(C)CCCC(C)CCC(=O)C(C)(C)CCC(=O)N2)co1. The minimum absolute atomic E-state index is 0.0440. The van der Waals surface area contributed by atoms with Crippen LogP contribution in [0.1, 0.15) is 97.1 Å². The monoisotopic (exact) mass is 486 g/mol. The third-order valence-corrected chi connectivity index (χ3v) is 8.28. The molecule has 3 aliphatic heterocycles. The summed E-state index contributed by atoms with van der Waals surface area (Å²) in [6, 6.07) is -0.217. The molecule has 194 valence electrons. The summed E-state index contributed by atoms with van der Waals surface area (Å²) in [6.45, 7) is 11.0. The molecule has 5 unspecified atom stereocenters. The molecule has 0 saturated carbocycles. The Balaban J connectivity index is 1.55. The van der Waals surface area contributed by atoms with Gasteiger partial charge in [0.25, 0.3) is 0 Å². The van der Waals surface area contributed by atoms with Gasteiger partial charge in [-0.1, -0.05) is 39.7 Å². The van der Waals surface area contributed by atoms with E-state index in [4.69, 9.17) is 13.9 Å². The first-order chi connectivity index (χ1) is 16.5. The topological polar surface area (TPSA) is 97.3 Å². The maximum Gasteiger partial charge on any atom is 0.220 e. The number of hydrogen-bond donors (Lipinski definition) is 1. The highest BCUT2D eigenvalue weighted by Crippen LogP contribution is 2.58. The number of hydrogen-bond acceptors (Lipinski definition) is 6. The highest BCUT2D eigenvalue weighted by molar-refractivity contribution is 5.85. The lowest BCUT2D eigenvalue weighted by atomic mass is 9.79. The summed E-state index contributed by atoms with van der Waals surface area (Å²) in [5, 5.41) is 3.21. The summed E-state index contributed by atoms with van der Waals surface area (Å²) >= 11 is 0. The van der Waals surface area contributed by atoms with Crippen LogP contribution < -0.4 is 5.32 Å². The molecule has 4 heterocycles. The van der Waals surface area contributed by atoms with Crippen molar-refractivity contribution >= 4 is 17.8 Å². The van der Waals surface area contributed by atoms with Crippen LogP contribution >= 0.6 is 0 Å². The summed E-state index contributed by atoms with van der Waals surface area (Å²) in [4.78, 5) is 30.3. The van der Waals surface area contributed by atoms with E-state index in [9.17, 15) is 9.59 Å². The van der Waals surface area contributed by atoms with Gasteiger partial charge in [0.1, 0.15) is 23.3 Å². The third kappa shape index (κ3) is 6.62. The van der Waals surface area contributed by atoms with Crippen LogP contribution in [0.2, 0.25) is 0 Å². The van der Waals surface area contributed by atoms with Gasteiger partial charge in [0.2, 0.25) is 5.91 Å². The van der Waals surface area contributed by atoms with E-state index in [0.717, 1.165) is 44.4 Å². The van der Waals surface area contributed by atoms with Gasteiger partial charge in [0.05, 0.1) is 24.4 Å². The number of carbonyl (C=O) groups excluding carboxylic acids is 2. The second-order valence-corrected chi connectivity index (χ2v) is 11.9. The summed E-state index contributed by atoms with van der Waals surface area (Å²) in [5.41, 5.74) is -0.315. The second-order valence-electron chi connectivity index (χ2n) is 11.9. The normalized spacial score (nSPS) is 36.5. The first kappa shape index (κ1) is 26.1. The highest BCUT2D eigenvalue weighted by Gasteiger charge is 2.67. The van der Waals surface area contributed by atoms with Crippen LogP contribution in [0.15, 0.2) is 16.8 Å². The zero-order valence-corrected chi connectivity index (χ0v) is 22.0. The van der Waals surface area contributed by atoms with Crippen molar-refractivity contribution < 1.29 is 23.5 Å². The van der Waals surface area contributed by atoms with Crippen molar-refractivity contribution in [2.45, 2.75) is 116 Å². The highest BCUT2D eigenvalue weighted by atomic mass is 16.6. The van der Waals surface area contributed by atoms with E-state index in [1.165, 1.54) is 0 Å². The second kappa shape index (κ2) is 10.2. The molecule has 1 aromatic rings. The minimum Gasteiger partial charge on any atom is -0.449 e. The van der Waals surface area contributed by atoms with Crippen LogP contribution in [0.3, 0.4) is 0 Å². The van der Waals surface area contributed by atoms with Crippen molar-refractivity contribution in [3.63, 3.8) is 0 Å². The lowest BCUT2D eigenvalue weighted by Gasteiger charge is -2.26. The molecular formula is C28H42N2O5. The summed E-state index contributed by atoms with van der Waals surface area (Å²) < 4.78 is 17.4. The molecule has 0 radical (unpaired) electrons. The smallest absolute Gasteiger partial charge is 0.220 e. The number of ether oxygens (including phenoxy) is 2. The molecule has 3 aliphatic rings. The number of epoxide rings is 2. The zero-order chi connectivity index (χ0) is 25.3. The van der Waals surface area contributed by atoms with Gasteiger partial charge >= 0.3 is 0 Å². The fourth-order valence-electron chi connectivity index (χ4n) is 5.52. The number of nitrogens with one attached hydrogen (secondary N) is 1. The van der Waals surface area contributed by atoms with E-state index in [1.807, 2.05) is 32.9 Å². The van der Waals surface area contributed by atoms with Crippen molar-refractivity contribution in [1.29, 1.82) is 0 Å². The molecule has 35 heavy (non-hydrogen) atoms. The molecular weight excluding hydrogens is 444 g/mol. The fraction of sp³-hybridized carbons (Fsp3) is 0.750. The van der Waals surface area contributed by atoms with E-state index in [0.29, 0.717) is 37.5 Å². The van der Waals surface area contributed by atoms with Gasteiger partial charge in [-0.3, -0.25) is 9.59 Å². The van der Waals surface area contributed by atoms with Crippen molar-refractivity contribution in [2.75, 3.05) is 6.61 Å². The maximum atomic E-state index is 13.0. The van der Waals surface area contributed by atoms with Crippen LogP contribution in [0.4, 0.5) is 0 Å². The number of Topliss-reactive ketones (excluding diaryl/α,β-unsaturated/α-hetero) is 1. The largest absolute Gasteiger partial charge is 0.449 e. The maximum absolute atomic E-state index is 13.0. The van der Waals surface area contributed by atoms with Gasteiger partial charge in [-0.25, -0.2) is 4.98 Å². The molecule has 0 spiro atoms. The van der Waals surface area contributed by atoms with Crippen LogP contribution in [-0.4, -0.2) is 46.6 Å². The number of amides is 1. The first-order valence-corrected chi connectivity index (χ1v) is 13.3. The Labute approximate surface area is 209 Å². The number of aromatic nitrogens is 1. The molecule has 1 aromatic heterocycles. The van der Waals surface area contributed by atoms with Gasteiger partial charge in [-0.05, 0) is 38.2 Å². The molecule has 3 saturated heterocycles. The molecule has 0 bridgehead atoms. The van der Waals surface area contributed by atoms with Gasteiger partial charge in [-0.15, -0.1) is 0 Å². The van der Waals surface area contributed by atoms with Crippen LogP contribution in [0.5, 0.6) is 0 Å². The predicted octanol–water partition coefficient (Wildman–Crippen LogP) is 5.16. The summed E-state index contributed by atoms with van der Waals surface area (Å²) in [5.74, 6) is 1.31. The molecule has 3 fully saturated rings. The number of nitrogens with zero attached hydrogens (tertiary/aromatic N) is 1. The molecule has 7 heteroatoms. The lowest BCUT2D eigenvalue weighted by Crippen LogP contribution is -2.40. The Hall–Kier alpha value is -1.99. The zero-order valence-electron chi connectivity index (χ0n) is 22.0. The van der Waals surface area contributed by atoms with E-state index in [-0.39, 0.29) is 35.0 Å². The van der Waals surface area contributed by atoms with Crippen molar-refractivity contribution in [2.24, 2.45) is 11.3 Å². The Bertz CT molecular complexity index is 949. The average Bonchev–Trinajstić information content (AvgIpc) is 3.65. The number of aryl methyl sites for hydroxylation is 1. The first-order valence-electron chi connectivity index (χ1n) is 13.3. The van der Waals surface area contributed by atoms with Crippen molar-refractivity contribution in [3.05, 3.63) is 23.9 Å². The third-order valence-electron chi connectivity index (χ3n) is 8.28. The van der Waals surface area contributed by atoms with Gasteiger partial charge in [0.15, 0.2) is 5.89 Å². The van der Waals surface area contributed by atoms with Gasteiger partial charge in [-0.2, -0.15) is 0 Å².